The van der Waals surface area contributed by atoms with Crippen LogP contribution in [0.5, 0.6) is 0 Å². The van der Waals surface area contributed by atoms with Crippen molar-refractivity contribution >= 4 is 28.7 Å². The van der Waals surface area contributed by atoms with Gasteiger partial charge in [-0.3, -0.25) is 18.7 Å². The fourth-order valence-corrected chi connectivity index (χ4v) is 6.92. The van der Waals surface area contributed by atoms with Crippen LogP contribution in [0.2, 0.25) is 0 Å². The predicted octanol–water partition coefficient (Wildman–Crippen LogP) is 4.27. The molecule has 2 saturated carbocycles. The van der Waals surface area contributed by atoms with Crippen LogP contribution in [0.3, 0.4) is 0 Å². The van der Waals surface area contributed by atoms with E-state index in [1.54, 1.807) is 18.4 Å². The maximum Gasteiger partial charge on any atom is 0.391 e. The summed E-state index contributed by atoms with van der Waals surface area (Å²) in [6, 6.07) is 0. The first-order valence-electron chi connectivity index (χ1n) is 14.5. The van der Waals surface area contributed by atoms with Crippen LogP contribution < -0.4 is 11.2 Å². The van der Waals surface area contributed by atoms with Crippen molar-refractivity contribution in [1.29, 1.82) is 0 Å². The van der Waals surface area contributed by atoms with Crippen molar-refractivity contribution < 1.29 is 27.8 Å². The SMILES string of the molecule is CCOC(=O)C(C)(c1nc2c(c(=O)n(CCCO)c(=O)n2C)n1CC1CCC(Cl)CC1)C1CCCC(C(F)(F)F)C1. The summed E-state index contributed by atoms with van der Waals surface area (Å²) in [5.74, 6) is -2.76. The minimum atomic E-state index is -4.40. The maximum atomic E-state index is 13.9. The highest BCUT2D eigenvalue weighted by molar-refractivity contribution is 6.20. The Morgan fingerprint density at radius 1 is 1.10 bits per heavy atom. The number of ether oxygens (including phenoxy) is 1. The van der Waals surface area contributed by atoms with E-state index in [4.69, 9.17) is 21.3 Å². The molecule has 0 saturated heterocycles. The van der Waals surface area contributed by atoms with Crippen LogP contribution in [0, 0.1) is 17.8 Å². The summed E-state index contributed by atoms with van der Waals surface area (Å²) in [6.45, 7) is 3.30. The Kier molecular flexibility index (Phi) is 9.62. The van der Waals surface area contributed by atoms with Gasteiger partial charge in [0.1, 0.15) is 11.2 Å². The van der Waals surface area contributed by atoms with Gasteiger partial charge in [0.2, 0.25) is 0 Å². The standard InChI is InChI=1S/C28H40ClF3N4O5/c1-4-41-25(39)27(2,18-7-5-8-19(15-18)28(30,31)32)24-33-22-21(36(24)16-17-9-11-20(29)12-10-17)23(38)35(13-6-14-37)26(40)34(22)3/h17-20,37H,4-16H2,1-3H3. The van der Waals surface area contributed by atoms with Crippen LogP contribution in [0.1, 0.15) is 77.5 Å². The molecule has 2 heterocycles. The zero-order valence-electron chi connectivity index (χ0n) is 23.9. The predicted molar refractivity (Wildman–Crippen MR) is 148 cm³/mol. The van der Waals surface area contributed by atoms with E-state index in [1.807, 2.05) is 0 Å². The number of imidazole rings is 1. The van der Waals surface area contributed by atoms with E-state index < -0.39 is 40.6 Å². The van der Waals surface area contributed by atoms with E-state index in [1.165, 1.54) is 11.6 Å². The molecular weight excluding hydrogens is 565 g/mol. The summed E-state index contributed by atoms with van der Waals surface area (Å²) in [6.07, 6.45) is -0.752. The van der Waals surface area contributed by atoms with Crippen LogP contribution in [0.4, 0.5) is 13.2 Å². The van der Waals surface area contributed by atoms with E-state index >= 15 is 0 Å². The second-order valence-electron chi connectivity index (χ2n) is 11.7. The van der Waals surface area contributed by atoms with Crippen molar-refractivity contribution in [2.45, 2.75) is 102 Å². The van der Waals surface area contributed by atoms with E-state index in [0.717, 1.165) is 30.3 Å². The molecule has 1 N–H and O–H groups in total. The van der Waals surface area contributed by atoms with Crippen LogP contribution in [-0.4, -0.2) is 54.5 Å². The lowest BCUT2D eigenvalue weighted by Crippen LogP contribution is -2.47. The molecule has 13 heteroatoms. The minimum Gasteiger partial charge on any atom is -0.465 e. The molecule has 0 spiro atoms. The van der Waals surface area contributed by atoms with Crippen molar-refractivity contribution in [2.75, 3.05) is 13.2 Å². The lowest BCUT2D eigenvalue weighted by Gasteiger charge is -2.40. The number of rotatable bonds is 9. The first kappa shape index (κ1) is 31.6. The van der Waals surface area contributed by atoms with Crippen molar-refractivity contribution in [3.63, 3.8) is 0 Å². The van der Waals surface area contributed by atoms with Gasteiger partial charge in [0.05, 0.1) is 12.5 Å². The molecule has 2 fully saturated rings. The van der Waals surface area contributed by atoms with Gasteiger partial charge < -0.3 is 14.4 Å². The third kappa shape index (κ3) is 6.09. The molecule has 9 nitrogen and oxygen atoms in total. The fraction of sp³-hybridized carbons (Fsp3) is 0.786. The van der Waals surface area contributed by atoms with Crippen molar-refractivity contribution in [2.24, 2.45) is 24.8 Å². The average Bonchev–Trinajstić information content (AvgIpc) is 3.32. The molecule has 0 aromatic carbocycles. The van der Waals surface area contributed by atoms with Crippen molar-refractivity contribution in [3.05, 3.63) is 26.7 Å². The fourth-order valence-electron chi connectivity index (χ4n) is 6.67. The molecule has 2 aromatic heterocycles. The molecule has 2 aromatic rings. The molecule has 4 rings (SSSR count). The Balaban J connectivity index is 1.97. The van der Waals surface area contributed by atoms with E-state index in [9.17, 15) is 32.7 Å². The molecule has 41 heavy (non-hydrogen) atoms. The van der Waals surface area contributed by atoms with E-state index in [2.05, 4.69) is 0 Å². The first-order valence-corrected chi connectivity index (χ1v) is 15.0. The lowest BCUT2D eigenvalue weighted by molar-refractivity contribution is -0.190. The highest BCUT2D eigenvalue weighted by Gasteiger charge is 2.53. The molecule has 3 atom stereocenters. The molecule has 2 aliphatic rings. The van der Waals surface area contributed by atoms with Gasteiger partial charge in [0.15, 0.2) is 11.2 Å². The van der Waals surface area contributed by atoms with Crippen LogP contribution in [0.25, 0.3) is 11.2 Å². The number of aromatic nitrogens is 4. The van der Waals surface area contributed by atoms with Gasteiger partial charge in [-0.2, -0.15) is 13.2 Å². The van der Waals surface area contributed by atoms with Gasteiger partial charge in [-0.15, -0.1) is 11.6 Å². The normalized spacial score (nSPS) is 25.3. The number of hydrogen-bond acceptors (Lipinski definition) is 6. The Hall–Kier alpha value is -2.34. The number of carbonyl (C=O) groups excluding carboxylic acids is 1. The summed E-state index contributed by atoms with van der Waals surface area (Å²) in [7, 11) is 1.47. The van der Waals surface area contributed by atoms with Crippen molar-refractivity contribution in [1.82, 2.24) is 18.7 Å². The summed E-state index contributed by atoms with van der Waals surface area (Å²) in [5, 5.41) is 9.39. The van der Waals surface area contributed by atoms with Gasteiger partial charge in [0, 0.05) is 32.1 Å². The minimum absolute atomic E-state index is 0.0128. The number of aliphatic hydroxyl groups is 1. The van der Waals surface area contributed by atoms with Crippen LogP contribution in [0.15, 0.2) is 9.59 Å². The molecule has 3 unspecified atom stereocenters. The Morgan fingerprint density at radius 3 is 2.37 bits per heavy atom. The second-order valence-corrected chi connectivity index (χ2v) is 12.4. The van der Waals surface area contributed by atoms with Gasteiger partial charge in [-0.1, -0.05) is 6.42 Å². The molecule has 0 bridgehead atoms. The molecule has 230 valence electrons. The second kappa shape index (κ2) is 12.5. The molecule has 0 radical (unpaired) electrons. The van der Waals surface area contributed by atoms with Gasteiger partial charge >= 0.3 is 17.8 Å². The third-order valence-corrected chi connectivity index (χ3v) is 9.54. The van der Waals surface area contributed by atoms with Gasteiger partial charge in [-0.05, 0) is 77.0 Å². The number of carbonyl (C=O) groups is 1. The maximum absolute atomic E-state index is 13.9. The van der Waals surface area contributed by atoms with Gasteiger partial charge in [0.25, 0.3) is 5.56 Å². The highest BCUT2D eigenvalue weighted by atomic mass is 35.5. The Bertz CT molecular complexity index is 1360. The van der Waals surface area contributed by atoms with Crippen LogP contribution in [-0.2, 0) is 35.1 Å². The molecule has 2 aliphatic carbocycles. The number of alkyl halides is 4. The van der Waals surface area contributed by atoms with Gasteiger partial charge in [-0.25, -0.2) is 9.78 Å². The van der Waals surface area contributed by atoms with Crippen molar-refractivity contribution in [3.8, 4) is 0 Å². The number of nitrogens with zero attached hydrogens (tertiary/aromatic N) is 4. The Morgan fingerprint density at radius 2 is 1.76 bits per heavy atom. The smallest absolute Gasteiger partial charge is 0.391 e. The van der Waals surface area contributed by atoms with Crippen LogP contribution >= 0.6 is 11.6 Å². The first-order chi connectivity index (χ1) is 19.3. The lowest BCUT2D eigenvalue weighted by atomic mass is 9.66. The number of fused-ring (bicyclic) bond motifs is 1. The average molecular weight is 605 g/mol. The monoisotopic (exact) mass is 604 g/mol. The zero-order valence-corrected chi connectivity index (χ0v) is 24.6. The number of aliphatic hydroxyl groups excluding tert-OH is 1. The number of aryl methyl sites for hydroxylation is 1. The summed E-state index contributed by atoms with van der Waals surface area (Å²) >= 11 is 6.34. The summed E-state index contributed by atoms with van der Waals surface area (Å²) < 4.78 is 51.1. The zero-order chi connectivity index (χ0) is 30.1. The Labute approximate surface area is 241 Å². The highest BCUT2D eigenvalue weighted by Crippen LogP contribution is 2.48. The van der Waals surface area contributed by atoms with E-state index in [-0.39, 0.29) is 73.7 Å². The summed E-state index contributed by atoms with van der Waals surface area (Å²) in [5.41, 5.74) is -2.64. The summed E-state index contributed by atoms with van der Waals surface area (Å²) in [4.78, 5) is 45.5. The number of hydrogen-bond donors (Lipinski definition) is 1. The largest absolute Gasteiger partial charge is 0.465 e. The third-order valence-electron chi connectivity index (χ3n) is 9.11. The topological polar surface area (TPSA) is 108 Å². The van der Waals surface area contributed by atoms with E-state index in [0.29, 0.717) is 13.0 Å². The number of esters is 1. The number of halogens is 4. The molecular formula is C28H40ClF3N4O5. The quantitative estimate of drug-likeness (QED) is 0.338. The molecule has 0 amide bonds. The molecule has 0 aliphatic heterocycles.